The number of rotatable bonds is 3. The van der Waals surface area contributed by atoms with Crippen molar-refractivity contribution in [3.63, 3.8) is 0 Å². The van der Waals surface area contributed by atoms with Gasteiger partial charge in [-0.25, -0.2) is 13.1 Å². The summed E-state index contributed by atoms with van der Waals surface area (Å²) in [6.07, 6.45) is 0.204. The second-order valence-corrected chi connectivity index (χ2v) is 5.94. The molecule has 70 valence electrons. The highest BCUT2D eigenvalue weighted by Crippen LogP contribution is 2.12. The molecule has 0 aromatic rings. The SMILES string of the molecule is CC(C)(C)S(=O)(=O)NCCC#N. The van der Waals surface area contributed by atoms with E-state index in [0.717, 1.165) is 0 Å². The molecule has 0 saturated heterocycles. The van der Waals surface area contributed by atoms with Crippen LogP contribution in [0.4, 0.5) is 0 Å². The van der Waals surface area contributed by atoms with Crippen molar-refractivity contribution >= 4 is 10.0 Å². The van der Waals surface area contributed by atoms with E-state index in [4.69, 9.17) is 5.26 Å². The zero-order chi connectivity index (χ0) is 9.83. The summed E-state index contributed by atoms with van der Waals surface area (Å²) in [6.45, 7) is 5.03. The monoisotopic (exact) mass is 190 g/mol. The van der Waals surface area contributed by atoms with Gasteiger partial charge in [0.05, 0.1) is 10.8 Å². The van der Waals surface area contributed by atoms with Crippen molar-refractivity contribution in [2.45, 2.75) is 31.9 Å². The lowest BCUT2D eigenvalue weighted by Crippen LogP contribution is -2.39. The van der Waals surface area contributed by atoms with Crippen molar-refractivity contribution < 1.29 is 8.42 Å². The summed E-state index contributed by atoms with van der Waals surface area (Å²) in [6, 6.07) is 1.86. The van der Waals surface area contributed by atoms with Crippen molar-refractivity contribution in [3.8, 4) is 6.07 Å². The molecule has 0 aliphatic heterocycles. The molecule has 0 rings (SSSR count). The summed E-state index contributed by atoms with van der Waals surface area (Å²) < 4.78 is 24.2. The van der Waals surface area contributed by atoms with E-state index in [0.29, 0.717) is 0 Å². The fourth-order valence-corrected chi connectivity index (χ4v) is 1.26. The molecule has 5 heteroatoms. The van der Waals surface area contributed by atoms with E-state index in [1.807, 2.05) is 6.07 Å². The number of nitriles is 1. The molecular formula is C7H14N2O2S. The van der Waals surface area contributed by atoms with E-state index in [9.17, 15) is 8.42 Å². The Labute approximate surface area is 73.6 Å². The maximum atomic E-state index is 11.3. The molecule has 0 unspecified atom stereocenters. The minimum Gasteiger partial charge on any atom is -0.214 e. The van der Waals surface area contributed by atoms with Gasteiger partial charge < -0.3 is 0 Å². The van der Waals surface area contributed by atoms with Gasteiger partial charge in [-0.05, 0) is 20.8 Å². The third-order valence-corrected chi connectivity index (χ3v) is 3.53. The van der Waals surface area contributed by atoms with Gasteiger partial charge in [0.1, 0.15) is 0 Å². The van der Waals surface area contributed by atoms with Gasteiger partial charge in [0.2, 0.25) is 10.0 Å². The summed E-state index contributed by atoms with van der Waals surface area (Å²) in [5, 5.41) is 8.18. The molecule has 0 spiro atoms. The van der Waals surface area contributed by atoms with Crippen LogP contribution in [0, 0.1) is 11.3 Å². The lowest BCUT2D eigenvalue weighted by molar-refractivity contribution is 0.546. The Hall–Kier alpha value is -0.600. The van der Waals surface area contributed by atoms with Crippen LogP contribution >= 0.6 is 0 Å². The van der Waals surface area contributed by atoms with Crippen LogP contribution in [0.5, 0.6) is 0 Å². The van der Waals surface area contributed by atoms with Crippen molar-refractivity contribution in [3.05, 3.63) is 0 Å². The van der Waals surface area contributed by atoms with Crippen LogP contribution in [0.2, 0.25) is 0 Å². The topological polar surface area (TPSA) is 70.0 Å². The molecule has 0 radical (unpaired) electrons. The Morgan fingerprint density at radius 3 is 2.25 bits per heavy atom. The molecule has 0 amide bonds. The Balaban J connectivity index is 4.19. The summed E-state index contributed by atoms with van der Waals surface area (Å²) in [5.41, 5.74) is 0. The average Bonchev–Trinajstić information content (AvgIpc) is 1.85. The van der Waals surface area contributed by atoms with Crippen molar-refractivity contribution in [2.75, 3.05) is 6.54 Å². The number of nitrogens with zero attached hydrogens (tertiary/aromatic N) is 1. The van der Waals surface area contributed by atoms with Gasteiger partial charge in [-0.1, -0.05) is 0 Å². The van der Waals surface area contributed by atoms with E-state index in [1.54, 1.807) is 20.8 Å². The lowest BCUT2D eigenvalue weighted by Gasteiger charge is -2.18. The standard InChI is InChI=1S/C7H14N2O2S/c1-7(2,3)12(10,11)9-6-4-5-8/h9H,4,6H2,1-3H3. The Morgan fingerprint density at radius 2 is 1.92 bits per heavy atom. The normalized spacial score (nSPS) is 12.5. The van der Waals surface area contributed by atoms with Crippen LogP contribution in [-0.2, 0) is 10.0 Å². The molecule has 0 aromatic carbocycles. The summed E-state index contributed by atoms with van der Waals surface area (Å²) in [7, 11) is -3.27. The molecule has 0 aromatic heterocycles. The molecule has 0 saturated carbocycles. The molecule has 0 aliphatic carbocycles. The van der Waals surface area contributed by atoms with E-state index in [1.165, 1.54) is 0 Å². The van der Waals surface area contributed by atoms with E-state index in [-0.39, 0.29) is 13.0 Å². The zero-order valence-electron chi connectivity index (χ0n) is 7.59. The van der Waals surface area contributed by atoms with Crippen molar-refractivity contribution in [2.24, 2.45) is 0 Å². The number of hydrogen-bond acceptors (Lipinski definition) is 3. The first kappa shape index (κ1) is 11.4. The fourth-order valence-electron chi connectivity index (χ4n) is 0.458. The van der Waals surface area contributed by atoms with Crippen molar-refractivity contribution in [1.82, 2.24) is 4.72 Å². The number of sulfonamides is 1. The molecule has 4 nitrogen and oxygen atoms in total. The molecule has 0 heterocycles. The first-order valence-corrected chi connectivity index (χ1v) is 5.16. The number of nitrogens with one attached hydrogen (secondary N) is 1. The third-order valence-electron chi connectivity index (χ3n) is 1.34. The minimum absolute atomic E-state index is 0.191. The Kier molecular flexibility index (Phi) is 3.68. The average molecular weight is 190 g/mol. The van der Waals surface area contributed by atoms with Crippen LogP contribution in [-0.4, -0.2) is 19.7 Å². The van der Waals surface area contributed by atoms with Gasteiger partial charge in [0, 0.05) is 13.0 Å². The second kappa shape index (κ2) is 3.87. The van der Waals surface area contributed by atoms with Crippen LogP contribution < -0.4 is 4.72 Å². The van der Waals surface area contributed by atoms with E-state index >= 15 is 0 Å². The van der Waals surface area contributed by atoms with Crippen LogP contribution in [0.15, 0.2) is 0 Å². The quantitative estimate of drug-likeness (QED) is 0.663. The zero-order valence-corrected chi connectivity index (χ0v) is 8.40. The molecule has 0 bridgehead atoms. The Bertz CT molecular complexity index is 269. The van der Waals surface area contributed by atoms with Gasteiger partial charge in [-0.15, -0.1) is 0 Å². The van der Waals surface area contributed by atoms with Crippen LogP contribution in [0.1, 0.15) is 27.2 Å². The summed E-state index contributed by atoms with van der Waals surface area (Å²) in [5.74, 6) is 0. The largest absolute Gasteiger partial charge is 0.216 e. The molecule has 0 fully saturated rings. The van der Waals surface area contributed by atoms with E-state index < -0.39 is 14.8 Å². The highest BCUT2D eigenvalue weighted by atomic mass is 32.2. The minimum atomic E-state index is -3.27. The van der Waals surface area contributed by atoms with Crippen molar-refractivity contribution in [1.29, 1.82) is 5.26 Å². The predicted molar refractivity (Wildman–Crippen MR) is 46.9 cm³/mol. The first-order chi connectivity index (χ1) is 5.31. The molecule has 1 N–H and O–H groups in total. The third kappa shape index (κ3) is 3.20. The van der Waals surface area contributed by atoms with E-state index in [2.05, 4.69) is 4.72 Å². The maximum absolute atomic E-state index is 11.3. The highest BCUT2D eigenvalue weighted by Gasteiger charge is 2.27. The summed E-state index contributed by atoms with van der Waals surface area (Å²) in [4.78, 5) is 0. The highest BCUT2D eigenvalue weighted by molar-refractivity contribution is 7.90. The number of hydrogen-bond donors (Lipinski definition) is 1. The summed E-state index contributed by atoms with van der Waals surface area (Å²) >= 11 is 0. The smallest absolute Gasteiger partial charge is 0.214 e. The first-order valence-electron chi connectivity index (χ1n) is 3.67. The Morgan fingerprint density at radius 1 is 1.42 bits per heavy atom. The lowest BCUT2D eigenvalue weighted by atomic mass is 10.3. The molecule has 12 heavy (non-hydrogen) atoms. The molecule has 0 aliphatic rings. The fraction of sp³-hybridized carbons (Fsp3) is 0.857. The van der Waals surface area contributed by atoms with Gasteiger partial charge in [-0.3, -0.25) is 0 Å². The predicted octanol–water partition coefficient (Wildman–Crippen LogP) is 0.618. The molecule has 0 atom stereocenters. The maximum Gasteiger partial charge on any atom is 0.216 e. The van der Waals surface area contributed by atoms with Gasteiger partial charge in [0.15, 0.2) is 0 Å². The second-order valence-electron chi connectivity index (χ2n) is 3.42. The van der Waals surface area contributed by atoms with Gasteiger partial charge in [0.25, 0.3) is 0 Å². The van der Waals surface area contributed by atoms with Crippen LogP contribution in [0.3, 0.4) is 0 Å². The van der Waals surface area contributed by atoms with Gasteiger partial charge in [-0.2, -0.15) is 5.26 Å². The molecular weight excluding hydrogens is 176 g/mol. The van der Waals surface area contributed by atoms with Gasteiger partial charge >= 0.3 is 0 Å². The van der Waals surface area contributed by atoms with Crippen LogP contribution in [0.25, 0.3) is 0 Å².